The van der Waals surface area contributed by atoms with Gasteiger partial charge in [-0.3, -0.25) is 24.7 Å². The molecule has 0 spiro atoms. The molecule has 1 saturated heterocycles. The molecule has 1 aliphatic carbocycles. The van der Waals surface area contributed by atoms with Crippen LogP contribution in [0.1, 0.15) is 34.5 Å². The molecule has 1 aromatic carbocycles. The number of carbonyl (C=O) groups excluding carboxylic acids is 2. The van der Waals surface area contributed by atoms with E-state index < -0.39 is 0 Å². The lowest BCUT2D eigenvalue weighted by molar-refractivity contribution is -0.126. The second-order valence-corrected chi connectivity index (χ2v) is 10.0. The molecule has 2 aliphatic heterocycles. The number of anilines is 1. The average molecular weight is 528 g/mol. The summed E-state index contributed by atoms with van der Waals surface area (Å²) < 4.78 is 7.45. The van der Waals surface area contributed by atoms with Gasteiger partial charge in [0.2, 0.25) is 5.91 Å². The molecule has 2 N–H and O–H groups in total. The van der Waals surface area contributed by atoms with E-state index in [-0.39, 0.29) is 23.9 Å². The van der Waals surface area contributed by atoms with Crippen molar-refractivity contribution in [2.75, 3.05) is 19.1 Å². The van der Waals surface area contributed by atoms with Crippen molar-refractivity contribution in [1.29, 1.82) is 0 Å². The van der Waals surface area contributed by atoms with E-state index in [0.717, 1.165) is 29.8 Å². The molecule has 6 rings (SSSR count). The first-order chi connectivity index (χ1) is 18.5. The van der Waals surface area contributed by atoms with Crippen molar-refractivity contribution in [2.24, 2.45) is 5.92 Å². The first-order valence-electron chi connectivity index (χ1n) is 12.5. The Morgan fingerprint density at radius 1 is 1.32 bits per heavy atom. The van der Waals surface area contributed by atoms with Crippen LogP contribution in [0.5, 0.6) is 5.75 Å². The molecular weight excluding hydrogens is 502 g/mol. The Morgan fingerprint density at radius 2 is 2.18 bits per heavy atom. The predicted molar refractivity (Wildman–Crippen MR) is 145 cm³/mol. The number of halogens is 1. The van der Waals surface area contributed by atoms with Gasteiger partial charge in [0.05, 0.1) is 46.4 Å². The highest BCUT2D eigenvalue weighted by Crippen LogP contribution is 2.47. The summed E-state index contributed by atoms with van der Waals surface area (Å²) in [7, 11) is 1.57. The van der Waals surface area contributed by atoms with Crippen LogP contribution >= 0.6 is 11.6 Å². The van der Waals surface area contributed by atoms with Crippen molar-refractivity contribution in [3.63, 3.8) is 0 Å². The van der Waals surface area contributed by atoms with Crippen molar-refractivity contribution in [3.05, 3.63) is 77.2 Å². The summed E-state index contributed by atoms with van der Waals surface area (Å²) in [5.74, 6) is 7.43. The minimum Gasteiger partial charge on any atom is -0.493 e. The third-order valence-corrected chi connectivity index (χ3v) is 7.70. The Labute approximate surface area is 225 Å². The average Bonchev–Trinajstić information content (AvgIpc) is 3.44. The van der Waals surface area contributed by atoms with E-state index >= 15 is 0 Å². The number of benzene rings is 1. The maximum Gasteiger partial charge on any atom is 0.253 e. The topological polar surface area (TPSA) is 88.5 Å². The normalized spacial score (nSPS) is 20.9. The number of amides is 2. The molecule has 2 aromatic heterocycles. The third-order valence-electron chi connectivity index (χ3n) is 7.40. The quantitative estimate of drug-likeness (QED) is 0.388. The molecular formula is C29H26ClN5O3. The maximum atomic E-state index is 12.8. The second-order valence-electron chi connectivity index (χ2n) is 9.62. The number of carbonyl (C=O) groups is 2. The van der Waals surface area contributed by atoms with Crippen LogP contribution in [0.2, 0.25) is 5.02 Å². The summed E-state index contributed by atoms with van der Waals surface area (Å²) in [4.78, 5) is 31.4. The number of ether oxygens (including phenoxy) is 1. The SMILES string of the molecule is C=CC(=O)N1[C@@H](C#Cc2cnccc2-c2cc3c(n2Nc2cccc(Cl)c2OC)CCNC3=O)C[C@@H]2C[C@@H]21. The van der Waals surface area contributed by atoms with Gasteiger partial charge in [-0.1, -0.05) is 36.1 Å². The van der Waals surface area contributed by atoms with Crippen molar-refractivity contribution in [3.8, 4) is 28.8 Å². The van der Waals surface area contributed by atoms with E-state index in [0.29, 0.717) is 46.5 Å². The van der Waals surface area contributed by atoms with E-state index in [1.165, 1.54) is 6.08 Å². The third kappa shape index (κ3) is 4.09. The Kier molecular flexibility index (Phi) is 6.09. The zero-order valence-corrected chi connectivity index (χ0v) is 21.6. The van der Waals surface area contributed by atoms with Gasteiger partial charge in [0.15, 0.2) is 5.75 Å². The summed E-state index contributed by atoms with van der Waals surface area (Å²) >= 11 is 6.38. The molecule has 4 heterocycles. The summed E-state index contributed by atoms with van der Waals surface area (Å²) in [5, 5.41) is 3.39. The number of fused-ring (bicyclic) bond motifs is 2. The lowest BCUT2D eigenvalue weighted by Gasteiger charge is -2.22. The lowest BCUT2D eigenvalue weighted by atomic mass is 10.1. The number of aromatic nitrogens is 2. The summed E-state index contributed by atoms with van der Waals surface area (Å²) in [5.41, 5.74) is 7.80. The fourth-order valence-corrected chi connectivity index (χ4v) is 5.77. The molecule has 2 fully saturated rings. The summed E-state index contributed by atoms with van der Waals surface area (Å²) in [6.45, 7) is 4.19. The number of methoxy groups -OCH3 is 1. The Morgan fingerprint density at radius 3 is 3.00 bits per heavy atom. The molecule has 0 unspecified atom stereocenters. The molecule has 1 saturated carbocycles. The van der Waals surface area contributed by atoms with Gasteiger partial charge in [-0.25, -0.2) is 0 Å². The highest BCUT2D eigenvalue weighted by molar-refractivity contribution is 6.32. The van der Waals surface area contributed by atoms with Crippen molar-refractivity contribution in [2.45, 2.75) is 31.3 Å². The van der Waals surface area contributed by atoms with E-state index in [4.69, 9.17) is 16.3 Å². The monoisotopic (exact) mass is 527 g/mol. The van der Waals surface area contributed by atoms with Gasteiger partial charge < -0.3 is 15.0 Å². The first kappa shape index (κ1) is 24.1. The van der Waals surface area contributed by atoms with Crippen LogP contribution in [0.3, 0.4) is 0 Å². The minimum atomic E-state index is -0.156. The Bertz CT molecular complexity index is 1530. The predicted octanol–water partition coefficient (Wildman–Crippen LogP) is 3.90. The minimum absolute atomic E-state index is 0.0760. The number of para-hydroxylation sites is 1. The van der Waals surface area contributed by atoms with Crippen LogP contribution in [0.15, 0.2) is 55.4 Å². The highest BCUT2D eigenvalue weighted by Gasteiger charge is 2.53. The molecule has 3 aromatic rings. The number of nitrogens with one attached hydrogen (secondary N) is 2. The smallest absolute Gasteiger partial charge is 0.253 e. The van der Waals surface area contributed by atoms with Gasteiger partial charge in [0.25, 0.3) is 5.91 Å². The zero-order valence-electron chi connectivity index (χ0n) is 20.8. The van der Waals surface area contributed by atoms with Crippen LogP contribution in [-0.2, 0) is 11.2 Å². The molecule has 3 aliphatic rings. The van der Waals surface area contributed by atoms with Crippen LogP contribution in [-0.4, -0.2) is 52.1 Å². The van der Waals surface area contributed by atoms with E-state index in [1.807, 2.05) is 33.8 Å². The Balaban J connectivity index is 1.43. The standard InChI is InChI=1S/C29H26ClN5O3/c1-3-27(36)34-19(13-18-14-25(18)34)8-7-17-16-31-11-9-20(17)26-15-21-24(10-12-32-29(21)37)35(26)33-23-6-4-5-22(30)28(23)38-2/h3-6,9,11,15-16,18-19,25,33H,1,10,12-14H2,2H3,(H,32,37)/t18-,19+,25+/m1/s1. The number of nitrogens with zero attached hydrogens (tertiary/aromatic N) is 3. The molecule has 0 bridgehead atoms. The van der Waals surface area contributed by atoms with Crippen molar-refractivity contribution in [1.82, 2.24) is 19.9 Å². The van der Waals surface area contributed by atoms with Gasteiger partial charge in [-0.15, -0.1) is 0 Å². The van der Waals surface area contributed by atoms with Crippen LogP contribution in [0.25, 0.3) is 11.3 Å². The highest BCUT2D eigenvalue weighted by atomic mass is 35.5. The van der Waals surface area contributed by atoms with Gasteiger partial charge in [0.1, 0.15) is 0 Å². The molecule has 192 valence electrons. The van der Waals surface area contributed by atoms with Gasteiger partial charge in [0, 0.05) is 37.0 Å². The summed E-state index contributed by atoms with van der Waals surface area (Å²) in [6.07, 6.45) is 7.34. The lowest BCUT2D eigenvalue weighted by Crippen LogP contribution is -2.36. The molecule has 2 amide bonds. The number of rotatable bonds is 5. The fourth-order valence-electron chi connectivity index (χ4n) is 5.52. The molecule has 38 heavy (non-hydrogen) atoms. The number of pyridine rings is 1. The molecule has 8 nitrogen and oxygen atoms in total. The maximum absolute atomic E-state index is 12.8. The van der Waals surface area contributed by atoms with Gasteiger partial charge in [-0.05, 0) is 49.1 Å². The second kappa shape index (κ2) is 9.58. The van der Waals surface area contributed by atoms with Crippen molar-refractivity contribution >= 4 is 29.1 Å². The molecule has 0 radical (unpaired) electrons. The largest absolute Gasteiger partial charge is 0.493 e. The van der Waals surface area contributed by atoms with Gasteiger partial charge in [-0.2, -0.15) is 0 Å². The van der Waals surface area contributed by atoms with Crippen LogP contribution in [0, 0.1) is 17.8 Å². The van der Waals surface area contributed by atoms with Crippen LogP contribution < -0.4 is 15.5 Å². The number of piperidine rings is 1. The van der Waals surface area contributed by atoms with Crippen LogP contribution in [0.4, 0.5) is 5.69 Å². The van der Waals surface area contributed by atoms with E-state index in [1.54, 1.807) is 25.6 Å². The molecule has 3 atom stereocenters. The fraction of sp³-hybridized carbons (Fsp3) is 0.276. The van der Waals surface area contributed by atoms with E-state index in [2.05, 4.69) is 34.1 Å². The number of hydrogen-bond acceptors (Lipinski definition) is 5. The van der Waals surface area contributed by atoms with E-state index in [9.17, 15) is 9.59 Å². The molecule has 9 heteroatoms. The first-order valence-corrected chi connectivity index (χ1v) is 12.9. The van der Waals surface area contributed by atoms with Gasteiger partial charge >= 0.3 is 0 Å². The number of hydrogen-bond donors (Lipinski definition) is 2. The van der Waals surface area contributed by atoms with Crippen molar-refractivity contribution < 1.29 is 14.3 Å². The summed E-state index contributed by atoms with van der Waals surface area (Å²) in [6, 6.07) is 9.33. The zero-order chi connectivity index (χ0) is 26.4. The Hall–Kier alpha value is -4.22. The number of likely N-dealkylation sites (tertiary alicyclic amines) is 1.